The van der Waals surface area contributed by atoms with Crippen LogP contribution in [0.25, 0.3) is 0 Å². The first-order valence-corrected chi connectivity index (χ1v) is 30.5. The fraction of sp³-hybridized carbons (Fsp3) is 0.489. The Hall–Kier alpha value is -4.69. The number of carbonyl (C=O) groups excluding carboxylic acids is 1. The molecule has 0 amide bonds. The van der Waals surface area contributed by atoms with Gasteiger partial charge in [-0.25, -0.2) is 8.78 Å². The van der Waals surface area contributed by atoms with Crippen LogP contribution in [0.15, 0.2) is 75.0 Å². The molecule has 0 spiro atoms. The zero-order valence-electron chi connectivity index (χ0n) is 42.7. The highest BCUT2D eigenvalue weighted by Crippen LogP contribution is 2.52. The van der Waals surface area contributed by atoms with Gasteiger partial charge in [0, 0.05) is 61.0 Å². The molecule has 20 nitrogen and oxygen atoms in total. The van der Waals surface area contributed by atoms with Crippen molar-refractivity contribution < 1.29 is 99.4 Å². The van der Waals surface area contributed by atoms with E-state index < -0.39 is 113 Å². The van der Waals surface area contributed by atoms with E-state index in [1.54, 1.807) is 37.3 Å². The second-order valence-electron chi connectivity index (χ2n) is 17.7. The predicted molar refractivity (Wildman–Crippen MR) is 267 cm³/mol. The largest absolute Gasteiger partial charge is 0.420 e. The maximum atomic E-state index is 14.8. The first-order valence-electron chi connectivity index (χ1n) is 23.1. The third-order valence-electron chi connectivity index (χ3n) is 13.2. The summed E-state index contributed by atoms with van der Waals surface area (Å²) in [5.74, 6) is -13.2. The normalized spacial score (nSPS) is 18.8. The molecule has 2 atom stereocenters. The van der Waals surface area contributed by atoms with Crippen LogP contribution in [0.1, 0.15) is 76.3 Å². The van der Waals surface area contributed by atoms with E-state index in [2.05, 4.69) is 8.92 Å². The van der Waals surface area contributed by atoms with Crippen LogP contribution in [-0.2, 0) is 91.9 Å². The number of methoxy groups -OCH3 is 1. The monoisotopic (exact) mass is 1180 g/mol. The highest BCUT2D eigenvalue weighted by Gasteiger charge is 2.49. The van der Waals surface area contributed by atoms with Crippen molar-refractivity contribution in [2.24, 2.45) is 0 Å². The van der Waals surface area contributed by atoms with Gasteiger partial charge in [0.05, 0.1) is 68.9 Å². The minimum atomic E-state index is -5.27. The average Bonchev–Trinajstić information content (AvgIpc) is 3.75. The highest BCUT2D eigenvalue weighted by atomic mass is 32.2. The molecule has 2 unspecified atom stereocenters. The van der Waals surface area contributed by atoms with Crippen LogP contribution >= 0.6 is 0 Å². The van der Waals surface area contributed by atoms with Crippen LogP contribution in [0, 0.1) is 23.3 Å². The molecule has 3 aromatic carbocycles. The van der Waals surface area contributed by atoms with Gasteiger partial charge in [-0.2, -0.15) is 55.4 Å². The summed E-state index contributed by atoms with van der Waals surface area (Å²) in [7, 11) is -15.6. The lowest BCUT2D eigenvalue weighted by atomic mass is 9.75. The molecule has 0 fully saturated rings. The van der Waals surface area contributed by atoms with E-state index in [1.807, 2.05) is 16.4 Å². The van der Waals surface area contributed by atoms with E-state index in [4.69, 9.17) is 21.5 Å². The molecule has 0 saturated carbocycles. The fourth-order valence-corrected chi connectivity index (χ4v) is 12.7. The van der Waals surface area contributed by atoms with Crippen LogP contribution in [0.4, 0.5) is 28.9 Å². The van der Waals surface area contributed by atoms with E-state index >= 15 is 0 Å². The molecule has 0 aromatic heterocycles. The van der Waals surface area contributed by atoms with Gasteiger partial charge in [0.2, 0.25) is 23.1 Å². The number of halogens is 4. The zero-order chi connectivity index (χ0) is 56.8. The number of allylic oxidation sites excluding steroid dienone is 4. The molecule has 2 heterocycles. The van der Waals surface area contributed by atoms with Crippen molar-refractivity contribution >= 4 is 73.6 Å². The van der Waals surface area contributed by atoms with Crippen LogP contribution in [0.5, 0.6) is 5.75 Å². The number of nitrogens with zero attached hydrogens (tertiary/aromatic N) is 2. The van der Waals surface area contributed by atoms with Gasteiger partial charge in [0.1, 0.15) is 6.54 Å². The number of benzene rings is 3. The van der Waals surface area contributed by atoms with Gasteiger partial charge >= 0.3 is 16.1 Å². The second kappa shape index (κ2) is 24.5. The minimum absolute atomic E-state index is 0.0108. The van der Waals surface area contributed by atoms with Gasteiger partial charge in [0.15, 0.2) is 22.2 Å². The molecule has 29 heteroatoms. The molecule has 0 N–H and O–H groups in total. The Labute approximate surface area is 440 Å². The van der Waals surface area contributed by atoms with Crippen LogP contribution in [0.3, 0.4) is 0 Å². The van der Waals surface area contributed by atoms with Gasteiger partial charge in [-0.05, 0) is 94.3 Å². The number of anilines is 1. The minimum Gasteiger partial charge on any atom is -0.420 e. The number of rotatable bonds is 28. The van der Waals surface area contributed by atoms with Crippen LogP contribution < -0.4 is 9.64 Å². The number of carbonyl (C=O) groups is 1. The molecular weight excluding hydrogens is 1120 g/mol. The molecule has 0 radical (unpaired) electrons. The van der Waals surface area contributed by atoms with Crippen LogP contribution in [0.2, 0.25) is 0 Å². The molecule has 76 heavy (non-hydrogen) atoms. The molecule has 0 bridgehead atoms. The van der Waals surface area contributed by atoms with Gasteiger partial charge in [-0.15, -0.1) is 0 Å². The molecule has 2 aliphatic rings. The summed E-state index contributed by atoms with van der Waals surface area (Å²) in [5, 5.41) is 0. The maximum Gasteiger partial charge on any atom is 0.311 e. The zero-order valence-corrected chi connectivity index (χ0v) is 46.8. The topological polar surface area (TPSA) is 259 Å². The molecule has 2 aliphatic heterocycles. The van der Waals surface area contributed by atoms with E-state index in [9.17, 15) is 64.4 Å². The Morgan fingerprint density at radius 2 is 1.16 bits per heavy atom. The lowest BCUT2D eigenvalue weighted by Crippen LogP contribution is -2.32. The Kier molecular flexibility index (Phi) is 20.1. The highest BCUT2D eigenvalue weighted by molar-refractivity contribution is 7.87. The second-order valence-corrected chi connectivity index (χ2v) is 26.5. The number of esters is 1. The Balaban J connectivity index is 1.60. The summed E-state index contributed by atoms with van der Waals surface area (Å²) in [6.07, 6.45) is 5.42. The van der Waals surface area contributed by atoms with Crippen molar-refractivity contribution in [3.8, 4) is 5.75 Å². The fourth-order valence-electron chi connectivity index (χ4n) is 9.22. The molecule has 422 valence electrons. The van der Waals surface area contributed by atoms with E-state index in [0.717, 1.165) is 28.4 Å². The number of hydrogen-bond acceptors (Lipinski definition) is 19. The van der Waals surface area contributed by atoms with Crippen LogP contribution in [-0.4, -0.2) is 132 Å². The summed E-state index contributed by atoms with van der Waals surface area (Å²) in [5.41, 5.74) is 0.956. The SMILES string of the molecule is COCCN1/C(=C/C=C/C2=[N+](CCCCCC(=O)Oc3c(F)c(F)c(S(=O)(=O)OC)c(F)c3F)c3ccc(S(=O)(=O)OC)cc3C2(C)CCCS(=O)(=O)OC)C(C)(CCCS(=O)(=O)OC)c2cc(S(=O)(=O)OC)ccc21. The lowest BCUT2D eigenvalue weighted by Gasteiger charge is -2.30. The number of ether oxygens (including phenoxy) is 2. The third-order valence-corrected chi connectivity index (χ3v) is 19.7. The van der Waals surface area contributed by atoms with E-state index in [-0.39, 0.29) is 80.2 Å². The number of hydrogen-bond donors (Lipinski definition) is 0. The summed E-state index contributed by atoms with van der Waals surface area (Å²) in [6, 6.07) is 8.74. The summed E-state index contributed by atoms with van der Waals surface area (Å²) in [4.78, 5) is 12.3. The van der Waals surface area contributed by atoms with Gasteiger partial charge in [-0.3, -0.25) is 25.7 Å². The summed E-state index contributed by atoms with van der Waals surface area (Å²) in [6.45, 7) is 4.20. The Morgan fingerprint density at radius 3 is 1.68 bits per heavy atom. The molecular formula is C47H59F4N2O18S5+. The number of fused-ring (bicyclic) bond motifs is 2. The smallest absolute Gasteiger partial charge is 0.311 e. The average molecular weight is 1180 g/mol. The standard InChI is InChI=1S/C47H59F4N2O18S5/c1-46(22-13-27-72(55,56)66-4)33-29-31(74(59,60)68-6)18-20-35(33)52(24-11-9-10-17-39(54)71-44-40(48)42(50)45(43(51)41(44)49)76(63,64)70-8)37(46)15-12-16-38-47(2,23-14-28-73(57,58)67-5)34-30-32(75(61,62)69-7)19-21-36(34)53(38)25-26-65-3/h12,15-16,18-21,29-30H,9-11,13-14,17,22-28H2,1-8H3/q+1. The van der Waals surface area contributed by atoms with Gasteiger partial charge < -0.3 is 14.4 Å². The van der Waals surface area contributed by atoms with Gasteiger partial charge in [-0.1, -0.05) is 6.08 Å². The quantitative estimate of drug-likeness (QED) is 0.0150. The predicted octanol–water partition coefficient (Wildman–Crippen LogP) is 6.15. The molecule has 0 saturated heterocycles. The van der Waals surface area contributed by atoms with E-state index in [0.29, 0.717) is 41.0 Å². The molecule has 0 aliphatic carbocycles. The van der Waals surface area contributed by atoms with Crippen molar-refractivity contribution in [1.82, 2.24) is 0 Å². The van der Waals surface area contributed by atoms with Crippen molar-refractivity contribution in [2.75, 3.05) is 78.8 Å². The first-order chi connectivity index (χ1) is 35.5. The maximum absolute atomic E-state index is 14.8. The number of unbranched alkanes of at least 4 members (excludes halogenated alkanes) is 2. The Bertz CT molecular complexity index is 3360. The summed E-state index contributed by atoms with van der Waals surface area (Å²) >= 11 is 0. The van der Waals surface area contributed by atoms with Crippen molar-refractivity contribution in [3.05, 3.63) is 94.7 Å². The summed E-state index contributed by atoms with van der Waals surface area (Å²) < 4.78 is 220. The first kappa shape index (κ1) is 62.2. The molecule has 5 rings (SSSR count). The third kappa shape index (κ3) is 13.2. The van der Waals surface area contributed by atoms with Crippen molar-refractivity contribution in [1.29, 1.82) is 0 Å². The Morgan fingerprint density at radius 1 is 0.632 bits per heavy atom. The molecule has 3 aromatic rings. The van der Waals surface area contributed by atoms with Gasteiger partial charge in [0.25, 0.3) is 40.5 Å². The van der Waals surface area contributed by atoms with Crippen molar-refractivity contribution in [3.63, 3.8) is 0 Å². The lowest BCUT2D eigenvalue weighted by molar-refractivity contribution is -0.438. The van der Waals surface area contributed by atoms with Crippen molar-refractivity contribution in [2.45, 2.75) is 90.7 Å². The van der Waals surface area contributed by atoms with E-state index in [1.165, 1.54) is 31.4 Å².